The summed E-state index contributed by atoms with van der Waals surface area (Å²) in [7, 11) is 0. The van der Waals surface area contributed by atoms with E-state index >= 15 is 0 Å². The molecule has 1 atom stereocenters. The number of rotatable bonds is 7. The van der Waals surface area contributed by atoms with E-state index in [0.717, 1.165) is 17.7 Å². The van der Waals surface area contributed by atoms with Crippen molar-refractivity contribution in [2.75, 3.05) is 6.61 Å². The third-order valence-corrected chi connectivity index (χ3v) is 4.34. The van der Waals surface area contributed by atoms with Crippen molar-refractivity contribution in [3.8, 4) is 16.9 Å². The summed E-state index contributed by atoms with van der Waals surface area (Å²) in [4.78, 5) is 24.6. The molecule has 0 radical (unpaired) electrons. The van der Waals surface area contributed by atoms with E-state index in [2.05, 4.69) is 10.4 Å². The molecule has 0 aliphatic rings. The zero-order valence-corrected chi connectivity index (χ0v) is 16.0. The monoisotopic (exact) mass is 377 g/mol. The number of hydrogen-bond donors (Lipinski definition) is 1. The SMILES string of the molecule is CCC(C)NC(=O)COC(=O)c1cc(-c2ccccc2)nn1-c1ccccc1. The number of nitrogens with zero attached hydrogens (tertiary/aromatic N) is 2. The summed E-state index contributed by atoms with van der Waals surface area (Å²) in [6.45, 7) is 3.54. The van der Waals surface area contributed by atoms with Gasteiger partial charge < -0.3 is 10.1 Å². The zero-order chi connectivity index (χ0) is 19.9. The number of hydrogen-bond acceptors (Lipinski definition) is 4. The van der Waals surface area contributed by atoms with E-state index in [-0.39, 0.29) is 24.2 Å². The average molecular weight is 377 g/mol. The minimum atomic E-state index is -0.599. The average Bonchev–Trinajstić information content (AvgIpc) is 3.19. The van der Waals surface area contributed by atoms with E-state index in [0.29, 0.717) is 5.69 Å². The van der Waals surface area contributed by atoms with Crippen molar-refractivity contribution in [2.45, 2.75) is 26.3 Å². The predicted octanol–water partition coefficient (Wildman–Crippen LogP) is 3.61. The van der Waals surface area contributed by atoms with E-state index in [9.17, 15) is 9.59 Å². The van der Waals surface area contributed by atoms with Gasteiger partial charge >= 0.3 is 5.97 Å². The molecule has 0 saturated heterocycles. The van der Waals surface area contributed by atoms with Gasteiger partial charge in [0.25, 0.3) is 5.91 Å². The predicted molar refractivity (Wildman–Crippen MR) is 107 cm³/mol. The van der Waals surface area contributed by atoms with Gasteiger partial charge in [-0.05, 0) is 31.5 Å². The van der Waals surface area contributed by atoms with Gasteiger partial charge in [0.15, 0.2) is 12.3 Å². The molecule has 0 aliphatic heterocycles. The van der Waals surface area contributed by atoms with Crippen molar-refractivity contribution >= 4 is 11.9 Å². The lowest BCUT2D eigenvalue weighted by Gasteiger charge is -2.11. The Kier molecular flexibility index (Phi) is 6.22. The van der Waals surface area contributed by atoms with Crippen LogP contribution >= 0.6 is 0 Å². The van der Waals surface area contributed by atoms with Crippen LogP contribution < -0.4 is 5.32 Å². The van der Waals surface area contributed by atoms with E-state index in [4.69, 9.17) is 4.74 Å². The first-order valence-electron chi connectivity index (χ1n) is 9.26. The number of nitrogens with one attached hydrogen (secondary N) is 1. The zero-order valence-electron chi connectivity index (χ0n) is 16.0. The van der Waals surface area contributed by atoms with E-state index in [1.807, 2.05) is 74.5 Å². The summed E-state index contributed by atoms with van der Waals surface area (Å²) in [6, 6.07) is 20.6. The number of esters is 1. The van der Waals surface area contributed by atoms with Crippen LogP contribution in [0.4, 0.5) is 0 Å². The summed E-state index contributed by atoms with van der Waals surface area (Å²) in [5, 5.41) is 7.35. The molecule has 6 nitrogen and oxygen atoms in total. The van der Waals surface area contributed by atoms with Crippen molar-refractivity contribution < 1.29 is 14.3 Å². The quantitative estimate of drug-likeness (QED) is 0.639. The van der Waals surface area contributed by atoms with Crippen molar-refractivity contribution in [3.05, 3.63) is 72.4 Å². The van der Waals surface area contributed by atoms with Crippen LogP contribution in [-0.2, 0) is 9.53 Å². The van der Waals surface area contributed by atoms with Gasteiger partial charge in [-0.25, -0.2) is 9.48 Å². The summed E-state index contributed by atoms with van der Waals surface area (Å²) >= 11 is 0. The molecular weight excluding hydrogens is 354 g/mol. The molecule has 3 rings (SSSR count). The second-order valence-electron chi connectivity index (χ2n) is 6.48. The highest BCUT2D eigenvalue weighted by Gasteiger charge is 2.20. The van der Waals surface area contributed by atoms with Crippen LogP contribution in [0.15, 0.2) is 66.7 Å². The molecule has 0 fully saturated rings. The fourth-order valence-electron chi connectivity index (χ4n) is 2.67. The summed E-state index contributed by atoms with van der Waals surface area (Å²) < 4.78 is 6.77. The third kappa shape index (κ3) is 4.65. The van der Waals surface area contributed by atoms with Crippen LogP contribution in [0.2, 0.25) is 0 Å². The number of para-hydroxylation sites is 1. The van der Waals surface area contributed by atoms with Gasteiger partial charge in [-0.3, -0.25) is 4.79 Å². The number of ether oxygens (including phenoxy) is 1. The van der Waals surface area contributed by atoms with Crippen LogP contribution in [0, 0.1) is 0 Å². The van der Waals surface area contributed by atoms with Gasteiger partial charge in [0.05, 0.1) is 11.4 Å². The first kappa shape index (κ1) is 19.4. The molecule has 28 heavy (non-hydrogen) atoms. The topological polar surface area (TPSA) is 73.2 Å². The largest absolute Gasteiger partial charge is 0.451 e. The van der Waals surface area contributed by atoms with E-state index in [1.165, 1.54) is 4.68 Å². The molecule has 2 aromatic carbocycles. The Balaban J connectivity index is 1.85. The van der Waals surface area contributed by atoms with Crippen molar-refractivity contribution in [3.63, 3.8) is 0 Å². The molecule has 144 valence electrons. The van der Waals surface area contributed by atoms with Gasteiger partial charge in [0.2, 0.25) is 0 Å². The van der Waals surface area contributed by atoms with Gasteiger partial charge in [0.1, 0.15) is 0 Å². The summed E-state index contributed by atoms with van der Waals surface area (Å²) in [6.07, 6.45) is 0.806. The Hall–Kier alpha value is -3.41. The second kappa shape index (κ2) is 8.99. The standard InChI is InChI=1S/C22H23N3O3/c1-3-16(2)23-21(26)15-28-22(27)20-14-19(17-10-6-4-7-11-17)24-25(20)18-12-8-5-9-13-18/h4-14,16H,3,15H2,1-2H3,(H,23,26). The first-order chi connectivity index (χ1) is 13.6. The van der Waals surface area contributed by atoms with Crippen molar-refractivity contribution in [1.29, 1.82) is 0 Å². The first-order valence-corrected chi connectivity index (χ1v) is 9.26. The van der Waals surface area contributed by atoms with Gasteiger partial charge in [-0.2, -0.15) is 5.10 Å². The molecule has 1 unspecified atom stereocenters. The molecule has 3 aromatic rings. The van der Waals surface area contributed by atoms with Crippen LogP contribution in [0.25, 0.3) is 16.9 Å². The Morgan fingerprint density at radius 2 is 1.71 bits per heavy atom. The van der Waals surface area contributed by atoms with Gasteiger partial charge in [0, 0.05) is 11.6 Å². The molecular formula is C22H23N3O3. The molecule has 1 heterocycles. The summed E-state index contributed by atoms with van der Waals surface area (Å²) in [5.41, 5.74) is 2.54. The maximum atomic E-state index is 12.7. The van der Waals surface area contributed by atoms with Crippen molar-refractivity contribution in [1.82, 2.24) is 15.1 Å². The smallest absolute Gasteiger partial charge is 0.357 e. The number of benzene rings is 2. The molecule has 1 N–H and O–H groups in total. The van der Waals surface area contributed by atoms with E-state index < -0.39 is 5.97 Å². The fraction of sp³-hybridized carbons (Fsp3) is 0.227. The molecule has 0 saturated carbocycles. The number of carbonyl (C=O) groups excluding carboxylic acids is 2. The Labute approximate surface area is 164 Å². The van der Waals surface area contributed by atoms with Crippen LogP contribution in [0.1, 0.15) is 30.8 Å². The lowest BCUT2D eigenvalue weighted by atomic mass is 10.1. The Morgan fingerprint density at radius 1 is 1.07 bits per heavy atom. The summed E-state index contributed by atoms with van der Waals surface area (Å²) in [5.74, 6) is -0.922. The minimum Gasteiger partial charge on any atom is -0.451 e. The molecule has 1 aromatic heterocycles. The lowest BCUT2D eigenvalue weighted by Crippen LogP contribution is -2.35. The highest BCUT2D eigenvalue weighted by atomic mass is 16.5. The number of amides is 1. The maximum absolute atomic E-state index is 12.7. The Bertz CT molecular complexity index is 936. The fourth-order valence-corrected chi connectivity index (χ4v) is 2.67. The molecule has 0 aliphatic carbocycles. The molecule has 0 spiro atoms. The molecule has 6 heteroatoms. The van der Waals surface area contributed by atoms with E-state index in [1.54, 1.807) is 6.07 Å². The minimum absolute atomic E-state index is 0.0331. The number of aromatic nitrogens is 2. The van der Waals surface area contributed by atoms with Crippen LogP contribution in [0.5, 0.6) is 0 Å². The normalized spacial score (nSPS) is 11.6. The number of carbonyl (C=O) groups is 2. The van der Waals surface area contributed by atoms with Gasteiger partial charge in [-0.1, -0.05) is 55.5 Å². The molecule has 0 bridgehead atoms. The highest BCUT2D eigenvalue weighted by molar-refractivity contribution is 5.91. The third-order valence-electron chi connectivity index (χ3n) is 4.34. The lowest BCUT2D eigenvalue weighted by molar-refractivity contribution is -0.124. The highest BCUT2D eigenvalue weighted by Crippen LogP contribution is 2.22. The van der Waals surface area contributed by atoms with Crippen LogP contribution in [-0.4, -0.2) is 34.3 Å². The molecule has 1 amide bonds. The van der Waals surface area contributed by atoms with Crippen LogP contribution in [0.3, 0.4) is 0 Å². The van der Waals surface area contributed by atoms with Gasteiger partial charge in [-0.15, -0.1) is 0 Å². The maximum Gasteiger partial charge on any atom is 0.357 e. The van der Waals surface area contributed by atoms with Crippen molar-refractivity contribution in [2.24, 2.45) is 0 Å². The Morgan fingerprint density at radius 3 is 2.36 bits per heavy atom. The second-order valence-corrected chi connectivity index (χ2v) is 6.48.